The van der Waals surface area contributed by atoms with E-state index in [0.29, 0.717) is 19.4 Å². The first-order valence-electron chi connectivity index (χ1n) is 20.3. The van der Waals surface area contributed by atoms with Gasteiger partial charge in [-0.3, -0.25) is 9.59 Å². The Morgan fingerprint density at radius 3 is 1.83 bits per heavy atom. The average molecular weight is 719 g/mol. The molecule has 0 aliphatic rings. The number of carbonyl (C=O) groups excluding carboxylic acids is 2. The van der Waals surface area contributed by atoms with Crippen LogP contribution in [0.25, 0.3) is 10.9 Å². The van der Waals surface area contributed by atoms with E-state index in [4.69, 9.17) is 9.84 Å². The number of hydrogen-bond donors (Lipinski definition) is 3. The molecule has 0 radical (unpaired) electrons. The van der Waals surface area contributed by atoms with Crippen LogP contribution in [0.1, 0.15) is 155 Å². The molecule has 7 nitrogen and oxygen atoms in total. The van der Waals surface area contributed by atoms with Crippen molar-refractivity contribution >= 4 is 28.7 Å². The second-order valence-corrected chi connectivity index (χ2v) is 13.4. The lowest BCUT2D eigenvalue weighted by molar-refractivity contribution is -0.147. The van der Waals surface area contributed by atoms with Crippen molar-refractivity contribution in [2.24, 2.45) is 0 Å². The third kappa shape index (κ3) is 25.1. The number of fused-ring (bicyclic) bond motifs is 1. The molecule has 0 fully saturated rings. The van der Waals surface area contributed by atoms with Gasteiger partial charge in [0.05, 0.1) is 6.61 Å². The largest absolute Gasteiger partial charge is 0.481 e. The zero-order valence-electron chi connectivity index (χ0n) is 32.7. The summed E-state index contributed by atoms with van der Waals surface area (Å²) >= 11 is 0. The Balaban J connectivity index is 0.000000548. The molecule has 2 rings (SSSR count). The minimum Gasteiger partial charge on any atom is -0.481 e. The number of ether oxygens (including phenoxy) is 1. The minimum absolute atomic E-state index is 0.0733. The van der Waals surface area contributed by atoms with Crippen molar-refractivity contribution in [2.75, 3.05) is 6.61 Å². The van der Waals surface area contributed by atoms with Crippen molar-refractivity contribution < 1.29 is 24.2 Å². The summed E-state index contributed by atoms with van der Waals surface area (Å²) < 4.78 is 5.20. The number of aliphatic carboxylic acids is 1. The normalized spacial score (nSPS) is 12.2. The highest BCUT2D eigenvalue weighted by molar-refractivity contribution is 5.87. The van der Waals surface area contributed by atoms with E-state index < -0.39 is 12.0 Å². The quantitative estimate of drug-likeness (QED) is 0.0441. The van der Waals surface area contributed by atoms with Gasteiger partial charge in [-0.1, -0.05) is 145 Å². The van der Waals surface area contributed by atoms with Crippen molar-refractivity contribution in [2.45, 2.75) is 162 Å². The molecule has 1 heterocycles. The molecule has 1 aromatic heterocycles. The molecule has 0 saturated carbocycles. The predicted molar refractivity (Wildman–Crippen MR) is 218 cm³/mol. The Morgan fingerprint density at radius 2 is 1.23 bits per heavy atom. The van der Waals surface area contributed by atoms with Gasteiger partial charge in [0.1, 0.15) is 6.04 Å². The number of carbonyl (C=O) groups is 3. The van der Waals surface area contributed by atoms with Crippen LogP contribution in [0.3, 0.4) is 0 Å². The number of aromatic amines is 1. The number of amides is 1. The third-order valence-electron chi connectivity index (χ3n) is 8.73. The third-order valence-corrected chi connectivity index (χ3v) is 8.73. The van der Waals surface area contributed by atoms with Crippen molar-refractivity contribution in [1.82, 2.24) is 10.3 Å². The fraction of sp³-hybridized carbons (Fsp3) is 0.578. The molecule has 1 aromatic carbocycles. The van der Waals surface area contributed by atoms with E-state index in [9.17, 15) is 14.4 Å². The van der Waals surface area contributed by atoms with Gasteiger partial charge in [0.2, 0.25) is 5.91 Å². The highest BCUT2D eigenvalue weighted by atomic mass is 16.5. The maximum absolute atomic E-state index is 12.4. The van der Waals surface area contributed by atoms with Crippen LogP contribution in [0.4, 0.5) is 0 Å². The number of rotatable bonds is 29. The molecule has 52 heavy (non-hydrogen) atoms. The molecule has 1 atom stereocenters. The number of H-pyrrole nitrogens is 1. The summed E-state index contributed by atoms with van der Waals surface area (Å²) in [6.45, 7) is 6.55. The summed E-state index contributed by atoms with van der Waals surface area (Å²) in [5.41, 5.74) is 2.03. The smallest absolute Gasteiger partial charge is 0.328 e. The number of carboxylic acids is 1. The van der Waals surface area contributed by atoms with Crippen molar-refractivity contribution in [3.63, 3.8) is 0 Å². The van der Waals surface area contributed by atoms with Gasteiger partial charge in [-0.05, 0) is 69.9 Å². The van der Waals surface area contributed by atoms with Crippen LogP contribution < -0.4 is 5.32 Å². The number of unbranched alkanes of at least 4 members (excludes halogenated alkanes) is 12. The molecule has 7 heteroatoms. The lowest BCUT2D eigenvalue weighted by atomic mass is 10.0. The topological polar surface area (TPSA) is 108 Å². The van der Waals surface area contributed by atoms with E-state index >= 15 is 0 Å². The summed E-state index contributed by atoms with van der Waals surface area (Å²) in [5.74, 6) is -1.16. The molecular weight excluding hydrogens is 649 g/mol. The van der Waals surface area contributed by atoms with Gasteiger partial charge < -0.3 is 20.1 Å². The van der Waals surface area contributed by atoms with E-state index in [-0.39, 0.29) is 18.3 Å². The molecule has 0 bridgehead atoms. The molecule has 0 unspecified atom stereocenters. The monoisotopic (exact) mass is 719 g/mol. The lowest BCUT2D eigenvalue weighted by Gasteiger charge is -2.17. The Kier molecular flexibility index (Phi) is 29.3. The van der Waals surface area contributed by atoms with Gasteiger partial charge in [-0.25, -0.2) is 4.79 Å². The number of aromatic nitrogens is 1. The first-order valence-corrected chi connectivity index (χ1v) is 20.3. The molecule has 290 valence electrons. The van der Waals surface area contributed by atoms with Gasteiger partial charge in [-0.15, -0.1) is 0 Å². The fourth-order valence-electron chi connectivity index (χ4n) is 5.75. The molecule has 0 aliphatic carbocycles. The number of carboxylic acid groups (broad SMARTS) is 1. The standard InChI is InChI=1S/C25H38N2O3.C20H32O2/c1-3-5-6-7-8-9-10-11-12-17-24(28)27-23(25(29)30-4-2)18-20-19-26-22-16-14-13-15-21(20)22;1-2-3-4-5-6-7-8-9-10-11-12-13-14-15-16-17-18-19-20(21)22/h13-16,19,23,26H,3-12,17-18H2,1-2H3,(H,27,28);6-7,9-10,12-13,15-16H,2-5,8,11,14,17-19H2,1H3,(H,21,22)/b;7-6+,10-9+,13-12+,16-15+/t23-;/m0./s1. The first kappa shape index (κ1) is 46.2. The molecule has 0 spiro atoms. The van der Waals surface area contributed by atoms with E-state index in [0.717, 1.165) is 61.4 Å². The number of para-hydroxylation sites is 1. The number of benzene rings is 1. The second kappa shape index (κ2) is 33.0. The molecular formula is C45H70N2O5. The molecule has 3 N–H and O–H groups in total. The van der Waals surface area contributed by atoms with E-state index in [1.807, 2.05) is 30.5 Å². The fourth-order valence-corrected chi connectivity index (χ4v) is 5.75. The molecule has 2 aromatic rings. The van der Waals surface area contributed by atoms with Crippen molar-refractivity contribution in [1.29, 1.82) is 0 Å². The maximum atomic E-state index is 12.4. The first-order chi connectivity index (χ1) is 25.4. The summed E-state index contributed by atoms with van der Waals surface area (Å²) in [6, 6.07) is 7.31. The second-order valence-electron chi connectivity index (χ2n) is 13.4. The summed E-state index contributed by atoms with van der Waals surface area (Å²) in [6.07, 6.45) is 41.0. The van der Waals surface area contributed by atoms with Gasteiger partial charge in [0.15, 0.2) is 0 Å². The van der Waals surface area contributed by atoms with Crippen LogP contribution in [-0.4, -0.2) is 40.6 Å². The van der Waals surface area contributed by atoms with Crippen molar-refractivity contribution in [3.05, 3.63) is 84.6 Å². The van der Waals surface area contributed by atoms with Crippen LogP contribution in [0, 0.1) is 0 Å². The maximum Gasteiger partial charge on any atom is 0.328 e. The van der Waals surface area contributed by atoms with Crippen LogP contribution in [0.15, 0.2) is 79.1 Å². The van der Waals surface area contributed by atoms with Crippen LogP contribution in [-0.2, 0) is 25.5 Å². The Hall–Kier alpha value is -3.87. The van der Waals surface area contributed by atoms with E-state index in [1.165, 1.54) is 70.6 Å². The average Bonchev–Trinajstić information content (AvgIpc) is 3.54. The lowest BCUT2D eigenvalue weighted by Crippen LogP contribution is -2.43. The minimum atomic E-state index is -0.712. The number of hydrogen-bond acceptors (Lipinski definition) is 4. The van der Waals surface area contributed by atoms with E-state index in [1.54, 1.807) is 6.92 Å². The summed E-state index contributed by atoms with van der Waals surface area (Å²) in [7, 11) is 0. The van der Waals surface area contributed by atoms with Crippen molar-refractivity contribution in [3.8, 4) is 0 Å². The zero-order chi connectivity index (χ0) is 37.9. The number of nitrogens with one attached hydrogen (secondary N) is 2. The zero-order valence-corrected chi connectivity index (χ0v) is 32.7. The predicted octanol–water partition coefficient (Wildman–Crippen LogP) is 11.9. The molecule has 0 aliphatic heterocycles. The van der Waals surface area contributed by atoms with Crippen LogP contribution >= 0.6 is 0 Å². The highest BCUT2D eigenvalue weighted by Crippen LogP contribution is 2.20. The van der Waals surface area contributed by atoms with Gasteiger partial charge in [-0.2, -0.15) is 0 Å². The Labute approximate surface area is 315 Å². The number of allylic oxidation sites excluding steroid dienone is 8. The number of esters is 1. The molecule has 0 saturated heterocycles. The van der Waals surface area contributed by atoms with E-state index in [2.05, 4.69) is 72.8 Å². The highest BCUT2D eigenvalue weighted by Gasteiger charge is 2.23. The SMILES string of the molecule is CCCCC/C=C/C/C=C/C/C=C/C/C=C/CCCC(=O)O.CCCCCCCCCCCC(=O)N[C@@H](Cc1c[nH]c2ccccc12)C(=O)OCC. The molecule has 1 amide bonds. The van der Waals surface area contributed by atoms with Gasteiger partial charge >= 0.3 is 11.9 Å². The Morgan fingerprint density at radius 1 is 0.692 bits per heavy atom. The van der Waals surface area contributed by atoms with Gasteiger partial charge in [0.25, 0.3) is 0 Å². The summed E-state index contributed by atoms with van der Waals surface area (Å²) in [5, 5.41) is 12.5. The Bertz CT molecular complexity index is 1320. The van der Waals surface area contributed by atoms with Crippen LogP contribution in [0.5, 0.6) is 0 Å². The van der Waals surface area contributed by atoms with Gasteiger partial charge in [0, 0.05) is 36.4 Å². The van der Waals surface area contributed by atoms with Crippen LogP contribution in [0.2, 0.25) is 0 Å². The summed E-state index contributed by atoms with van der Waals surface area (Å²) in [4.78, 5) is 38.4.